The van der Waals surface area contributed by atoms with Crippen LogP contribution < -0.4 is 0 Å². The fraction of sp³-hybridized carbons (Fsp3) is 0.0625. The van der Waals surface area contributed by atoms with E-state index in [9.17, 15) is 4.79 Å². The summed E-state index contributed by atoms with van der Waals surface area (Å²) in [5.41, 5.74) is 4.03. The molecular formula is C16H10N2O. The molecule has 0 atom stereocenters. The molecule has 1 heterocycles. The summed E-state index contributed by atoms with van der Waals surface area (Å²) < 4.78 is 0. The van der Waals surface area contributed by atoms with Gasteiger partial charge in [0, 0.05) is 22.1 Å². The summed E-state index contributed by atoms with van der Waals surface area (Å²) in [5.74, 6) is 0.782. The predicted octanol–water partition coefficient (Wildman–Crippen LogP) is 3.15. The third kappa shape index (κ3) is 1.30. The fourth-order valence-corrected chi connectivity index (χ4v) is 2.72. The van der Waals surface area contributed by atoms with Crippen molar-refractivity contribution in [3.05, 3.63) is 59.4 Å². The van der Waals surface area contributed by atoms with Crippen molar-refractivity contribution in [3.63, 3.8) is 0 Å². The van der Waals surface area contributed by atoms with Crippen molar-refractivity contribution in [2.45, 2.75) is 6.92 Å². The highest BCUT2D eigenvalue weighted by atomic mass is 16.1. The number of aryl methyl sites for hydroxylation is 1. The number of carbonyl (C=O) groups excluding carboxylic acids is 1. The van der Waals surface area contributed by atoms with Crippen LogP contribution in [-0.2, 0) is 0 Å². The Morgan fingerprint density at radius 3 is 2.42 bits per heavy atom. The van der Waals surface area contributed by atoms with E-state index < -0.39 is 0 Å². The van der Waals surface area contributed by atoms with Crippen LogP contribution >= 0.6 is 0 Å². The molecule has 1 aromatic heterocycles. The molecule has 0 radical (unpaired) electrons. The molecule has 0 bridgehead atoms. The van der Waals surface area contributed by atoms with Crippen LogP contribution in [0.2, 0.25) is 0 Å². The van der Waals surface area contributed by atoms with E-state index in [0.29, 0.717) is 5.56 Å². The van der Waals surface area contributed by atoms with E-state index in [4.69, 9.17) is 0 Å². The van der Waals surface area contributed by atoms with E-state index in [1.165, 1.54) is 0 Å². The van der Waals surface area contributed by atoms with E-state index >= 15 is 0 Å². The summed E-state index contributed by atoms with van der Waals surface area (Å²) >= 11 is 0. The van der Waals surface area contributed by atoms with Crippen molar-refractivity contribution in [3.8, 4) is 11.3 Å². The maximum Gasteiger partial charge on any atom is 0.194 e. The minimum atomic E-state index is 0.0566. The Balaban J connectivity index is 2.28. The minimum absolute atomic E-state index is 0.0566. The Morgan fingerprint density at radius 2 is 1.58 bits per heavy atom. The van der Waals surface area contributed by atoms with Crippen molar-refractivity contribution >= 4 is 16.7 Å². The average molecular weight is 246 g/mol. The van der Waals surface area contributed by atoms with Gasteiger partial charge in [-0.1, -0.05) is 36.4 Å². The van der Waals surface area contributed by atoms with Gasteiger partial charge in [-0.2, -0.15) is 0 Å². The molecule has 0 N–H and O–H groups in total. The maximum absolute atomic E-state index is 12.5. The number of aromatic nitrogens is 2. The first-order chi connectivity index (χ1) is 9.25. The van der Waals surface area contributed by atoms with Gasteiger partial charge in [0.25, 0.3) is 0 Å². The quantitative estimate of drug-likeness (QED) is 0.478. The van der Waals surface area contributed by atoms with Crippen molar-refractivity contribution < 1.29 is 4.79 Å². The molecule has 2 aromatic carbocycles. The molecule has 0 aliphatic heterocycles. The number of fused-ring (bicyclic) bond motifs is 2. The molecule has 19 heavy (non-hydrogen) atoms. The summed E-state index contributed by atoms with van der Waals surface area (Å²) in [4.78, 5) is 21.5. The van der Waals surface area contributed by atoms with Crippen molar-refractivity contribution in [1.82, 2.24) is 9.97 Å². The number of rotatable bonds is 0. The van der Waals surface area contributed by atoms with Crippen molar-refractivity contribution in [2.24, 2.45) is 0 Å². The summed E-state index contributed by atoms with van der Waals surface area (Å²) in [6.45, 7) is 1.88. The molecule has 0 unspecified atom stereocenters. The van der Waals surface area contributed by atoms with E-state index in [2.05, 4.69) is 9.97 Å². The number of ketones is 1. The number of carbonyl (C=O) groups is 1. The van der Waals surface area contributed by atoms with E-state index in [1.807, 2.05) is 49.4 Å². The lowest BCUT2D eigenvalue weighted by Gasteiger charge is -2.18. The molecule has 4 rings (SSSR count). The van der Waals surface area contributed by atoms with Gasteiger partial charge in [-0.3, -0.25) is 4.79 Å². The topological polar surface area (TPSA) is 42.9 Å². The zero-order valence-electron chi connectivity index (χ0n) is 10.3. The molecule has 0 spiro atoms. The van der Waals surface area contributed by atoms with E-state index in [-0.39, 0.29) is 5.78 Å². The molecule has 1 aliphatic rings. The molecule has 90 valence electrons. The molecule has 0 amide bonds. The van der Waals surface area contributed by atoms with Gasteiger partial charge in [-0.05, 0) is 13.0 Å². The average Bonchev–Trinajstić information content (AvgIpc) is 2.44. The van der Waals surface area contributed by atoms with Crippen LogP contribution in [0.25, 0.3) is 22.2 Å². The zero-order valence-corrected chi connectivity index (χ0v) is 10.3. The van der Waals surface area contributed by atoms with Crippen LogP contribution in [0.5, 0.6) is 0 Å². The van der Waals surface area contributed by atoms with Crippen LogP contribution in [0.4, 0.5) is 0 Å². The summed E-state index contributed by atoms with van der Waals surface area (Å²) in [6.07, 6.45) is 0. The molecule has 0 fully saturated rings. The third-order valence-electron chi connectivity index (χ3n) is 3.51. The van der Waals surface area contributed by atoms with Gasteiger partial charge in [-0.15, -0.1) is 0 Å². The third-order valence-corrected chi connectivity index (χ3v) is 3.51. The SMILES string of the molecule is Cc1nc2c3c(cccc3n1)C(=O)c1ccccc1-2. The Labute approximate surface area is 109 Å². The minimum Gasteiger partial charge on any atom is -0.289 e. The maximum atomic E-state index is 12.5. The van der Waals surface area contributed by atoms with Crippen molar-refractivity contribution in [1.29, 1.82) is 0 Å². The highest BCUT2D eigenvalue weighted by Gasteiger charge is 2.26. The Bertz CT molecular complexity index is 852. The van der Waals surface area contributed by atoms with Crippen LogP contribution in [-0.4, -0.2) is 15.8 Å². The Kier molecular flexibility index (Phi) is 1.90. The largest absolute Gasteiger partial charge is 0.289 e. The van der Waals surface area contributed by atoms with Gasteiger partial charge < -0.3 is 0 Å². The molecular weight excluding hydrogens is 236 g/mol. The summed E-state index contributed by atoms with van der Waals surface area (Å²) in [6, 6.07) is 13.3. The Hall–Kier alpha value is -2.55. The number of hydrogen-bond acceptors (Lipinski definition) is 3. The molecule has 3 aromatic rings. The van der Waals surface area contributed by atoms with Gasteiger partial charge in [0.1, 0.15) is 5.82 Å². The first-order valence-electron chi connectivity index (χ1n) is 6.17. The summed E-state index contributed by atoms with van der Waals surface area (Å²) in [7, 11) is 0. The monoisotopic (exact) mass is 246 g/mol. The van der Waals surface area contributed by atoms with E-state index in [1.54, 1.807) is 0 Å². The van der Waals surface area contributed by atoms with Gasteiger partial charge in [0.15, 0.2) is 5.78 Å². The van der Waals surface area contributed by atoms with Crippen LogP contribution in [0, 0.1) is 6.92 Å². The summed E-state index contributed by atoms with van der Waals surface area (Å²) in [5, 5.41) is 0.872. The molecule has 0 saturated carbocycles. The number of benzene rings is 2. The zero-order chi connectivity index (χ0) is 13.0. The van der Waals surface area contributed by atoms with Crippen LogP contribution in [0.3, 0.4) is 0 Å². The normalized spacial score (nSPS) is 12.6. The second kappa shape index (κ2) is 3.48. The lowest BCUT2D eigenvalue weighted by molar-refractivity contribution is 0.104. The van der Waals surface area contributed by atoms with Gasteiger partial charge in [0.05, 0.1) is 11.2 Å². The highest BCUT2D eigenvalue weighted by Crippen LogP contribution is 2.37. The molecule has 1 aliphatic carbocycles. The van der Waals surface area contributed by atoms with Crippen molar-refractivity contribution in [2.75, 3.05) is 0 Å². The number of hydrogen-bond donors (Lipinski definition) is 0. The first-order valence-corrected chi connectivity index (χ1v) is 6.17. The highest BCUT2D eigenvalue weighted by molar-refractivity contribution is 6.24. The lowest BCUT2D eigenvalue weighted by Crippen LogP contribution is -2.11. The van der Waals surface area contributed by atoms with Gasteiger partial charge in [-0.25, -0.2) is 9.97 Å². The van der Waals surface area contributed by atoms with E-state index in [0.717, 1.165) is 33.5 Å². The predicted molar refractivity (Wildman–Crippen MR) is 73.1 cm³/mol. The standard InChI is InChI=1S/C16H10N2O/c1-9-17-13-8-4-7-12-14(13)15(18-9)10-5-2-3-6-11(10)16(12)19/h2-8H,1H3. The smallest absolute Gasteiger partial charge is 0.194 e. The van der Waals surface area contributed by atoms with Crippen LogP contribution in [0.15, 0.2) is 42.5 Å². The number of nitrogens with zero attached hydrogens (tertiary/aromatic N) is 2. The molecule has 3 heteroatoms. The molecule has 0 saturated heterocycles. The van der Waals surface area contributed by atoms with Gasteiger partial charge in [0.2, 0.25) is 0 Å². The first kappa shape index (κ1) is 10.4. The lowest BCUT2D eigenvalue weighted by atomic mass is 9.87. The Morgan fingerprint density at radius 1 is 0.842 bits per heavy atom. The van der Waals surface area contributed by atoms with Gasteiger partial charge >= 0.3 is 0 Å². The second-order valence-electron chi connectivity index (χ2n) is 4.69. The second-order valence-corrected chi connectivity index (χ2v) is 4.69. The van der Waals surface area contributed by atoms with Crippen LogP contribution in [0.1, 0.15) is 21.7 Å². The fourth-order valence-electron chi connectivity index (χ4n) is 2.72. The molecule has 3 nitrogen and oxygen atoms in total.